The van der Waals surface area contributed by atoms with Crippen molar-refractivity contribution in [2.24, 2.45) is 0 Å². The summed E-state index contributed by atoms with van der Waals surface area (Å²) in [6.07, 6.45) is -0.544. The zero-order chi connectivity index (χ0) is 9.78. The number of carboxylic acids is 1. The molecule has 0 unspecified atom stereocenters. The fraction of sp³-hybridized carbons (Fsp3) is 0.800. The largest absolute Gasteiger partial charge is 0.549 e. The van der Waals surface area contributed by atoms with Gasteiger partial charge in [0, 0.05) is 6.54 Å². The van der Waals surface area contributed by atoms with Crippen LogP contribution in [0.3, 0.4) is 0 Å². The van der Waals surface area contributed by atoms with Crippen LogP contribution in [0.1, 0.15) is 6.92 Å². The van der Waals surface area contributed by atoms with Crippen molar-refractivity contribution < 1.29 is 24.3 Å². The molecule has 0 aromatic heterocycles. The van der Waals surface area contributed by atoms with Gasteiger partial charge in [0.25, 0.3) is 0 Å². The molecule has 72 valence electrons. The Hall–Kier alpha value is -0.420. The maximum absolute atomic E-state index is 10.4. The predicted molar refractivity (Wildman–Crippen MR) is 39.2 cm³/mol. The summed E-state index contributed by atoms with van der Waals surface area (Å²) < 4.78 is 10.4. The van der Waals surface area contributed by atoms with Crippen LogP contribution >= 0.6 is 7.60 Å². The van der Waals surface area contributed by atoms with Crippen molar-refractivity contribution in [3.8, 4) is 0 Å². The van der Waals surface area contributed by atoms with Crippen LogP contribution in [0.15, 0.2) is 0 Å². The summed E-state index contributed by atoms with van der Waals surface area (Å²) in [7, 11) is -4.16. The number of rotatable bonds is 5. The molecule has 0 bridgehead atoms. The third-order valence-corrected chi connectivity index (χ3v) is 1.95. The molecule has 0 amide bonds. The van der Waals surface area contributed by atoms with E-state index >= 15 is 0 Å². The van der Waals surface area contributed by atoms with E-state index in [9.17, 15) is 14.5 Å². The number of carbonyl (C=O) groups excluding carboxylic acids is 1. The zero-order valence-electron chi connectivity index (χ0n) is 6.63. The van der Waals surface area contributed by atoms with Gasteiger partial charge in [-0.05, 0) is 6.54 Å². The van der Waals surface area contributed by atoms with Crippen LogP contribution in [0, 0.1) is 0 Å². The average molecular weight is 196 g/mol. The first kappa shape index (κ1) is 11.6. The monoisotopic (exact) mass is 196 g/mol. The van der Waals surface area contributed by atoms with Crippen LogP contribution < -0.4 is 5.11 Å². The van der Waals surface area contributed by atoms with Crippen molar-refractivity contribution in [3.63, 3.8) is 0 Å². The second-order valence-electron chi connectivity index (χ2n) is 2.32. The Morgan fingerprint density at radius 2 is 2.08 bits per heavy atom. The molecule has 0 atom stereocenters. The first-order valence-electron chi connectivity index (χ1n) is 3.32. The second-order valence-corrected chi connectivity index (χ2v) is 3.94. The van der Waals surface area contributed by atoms with E-state index in [4.69, 9.17) is 9.79 Å². The van der Waals surface area contributed by atoms with Crippen molar-refractivity contribution in [3.05, 3.63) is 0 Å². The first-order valence-corrected chi connectivity index (χ1v) is 5.11. The van der Waals surface area contributed by atoms with Gasteiger partial charge in [-0.15, -0.1) is 0 Å². The Morgan fingerprint density at radius 1 is 1.58 bits per heavy atom. The minimum Gasteiger partial charge on any atom is -0.549 e. The van der Waals surface area contributed by atoms with Crippen molar-refractivity contribution >= 4 is 13.6 Å². The lowest BCUT2D eigenvalue weighted by atomic mass is 10.5. The topological polar surface area (TPSA) is 101 Å². The lowest BCUT2D eigenvalue weighted by Crippen LogP contribution is -2.38. The predicted octanol–water partition coefficient (Wildman–Crippen LogP) is -1.81. The van der Waals surface area contributed by atoms with Crippen molar-refractivity contribution in [1.82, 2.24) is 4.90 Å². The number of carbonyl (C=O) groups is 1. The Morgan fingerprint density at radius 3 is 2.33 bits per heavy atom. The van der Waals surface area contributed by atoms with Gasteiger partial charge in [0.05, 0.1) is 5.97 Å². The van der Waals surface area contributed by atoms with Crippen LogP contribution in [0.4, 0.5) is 0 Å². The molecular formula is C5H11NO5P-. The van der Waals surface area contributed by atoms with E-state index in [1.54, 1.807) is 6.92 Å². The van der Waals surface area contributed by atoms with Gasteiger partial charge in [-0.1, -0.05) is 6.92 Å². The molecule has 0 saturated heterocycles. The highest BCUT2D eigenvalue weighted by molar-refractivity contribution is 7.51. The molecule has 0 radical (unpaired) electrons. The Balaban J connectivity index is 4.00. The molecule has 12 heavy (non-hydrogen) atoms. The molecular weight excluding hydrogens is 185 g/mol. The number of carboxylic acid groups (broad SMARTS) is 1. The molecule has 0 aliphatic rings. The van der Waals surface area contributed by atoms with Gasteiger partial charge >= 0.3 is 7.60 Å². The SMILES string of the molecule is CCN(CC(=O)[O-])CP(=O)(O)O. The van der Waals surface area contributed by atoms with E-state index < -0.39 is 26.4 Å². The summed E-state index contributed by atoms with van der Waals surface area (Å²) in [4.78, 5) is 28.1. The molecule has 0 aliphatic carbocycles. The van der Waals surface area contributed by atoms with Gasteiger partial charge in [0.15, 0.2) is 0 Å². The van der Waals surface area contributed by atoms with Crippen molar-refractivity contribution in [2.75, 3.05) is 19.4 Å². The number of nitrogens with zero attached hydrogens (tertiary/aromatic N) is 1. The highest BCUT2D eigenvalue weighted by atomic mass is 31.2. The van der Waals surface area contributed by atoms with E-state index in [1.807, 2.05) is 0 Å². The molecule has 0 spiro atoms. The minimum absolute atomic E-state index is 0.263. The quantitative estimate of drug-likeness (QED) is 0.503. The summed E-state index contributed by atoms with van der Waals surface area (Å²) in [6, 6.07) is 0. The molecule has 2 N–H and O–H groups in total. The van der Waals surface area contributed by atoms with Gasteiger partial charge in [0.1, 0.15) is 6.29 Å². The van der Waals surface area contributed by atoms with Crippen LogP contribution in [0.25, 0.3) is 0 Å². The molecule has 0 aromatic carbocycles. The Bertz CT molecular complexity index is 200. The summed E-state index contributed by atoms with van der Waals surface area (Å²) in [5, 5.41) is 10.0. The van der Waals surface area contributed by atoms with E-state index in [0.29, 0.717) is 0 Å². The zero-order valence-corrected chi connectivity index (χ0v) is 7.53. The standard InChI is InChI=1S/C5H12NO5P/c1-2-6(3-5(7)8)4-12(9,10)11/h2-4H2,1H3,(H,7,8)(H2,9,10,11)/p-1. The van der Waals surface area contributed by atoms with E-state index in [0.717, 1.165) is 4.90 Å². The third kappa shape index (κ3) is 6.30. The molecule has 0 rings (SSSR count). The normalized spacial score (nSPS) is 12.0. The Kier molecular flexibility index (Phi) is 4.41. The van der Waals surface area contributed by atoms with Gasteiger partial charge < -0.3 is 19.7 Å². The summed E-state index contributed by atoms with van der Waals surface area (Å²) in [5.74, 6) is -1.34. The summed E-state index contributed by atoms with van der Waals surface area (Å²) >= 11 is 0. The van der Waals surface area contributed by atoms with Crippen LogP contribution in [-0.4, -0.2) is 40.0 Å². The van der Waals surface area contributed by atoms with E-state index in [-0.39, 0.29) is 6.54 Å². The van der Waals surface area contributed by atoms with Crippen LogP contribution in [-0.2, 0) is 9.36 Å². The van der Waals surface area contributed by atoms with Gasteiger partial charge in [0.2, 0.25) is 0 Å². The lowest BCUT2D eigenvalue weighted by molar-refractivity contribution is -0.306. The molecule has 0 fully saturated rings. The first-order chi connectivity index (χ1) is 5.35. The average Bonchev–Trinajstić information content (AvgIpc) is 1.82. The second kappa shape index (κ2) is 4.57. The molecule has 0 heterocycles. The minimum atomic E-state index is -4.16. The van der Waals surface area contributed by atoms with Crippen LogP contribution in [0.5, 0.6) is 0 Å². The van der Waals surface area contributed by atoms with E-state index in [2.05, 4.69) is 0 Å². The lowest BCUT2D eigenvalue weighted by Gasteiger charge is -2.20. The van der Waals surface area contributed by atoms with Crippen molar-refractivity contribution in [1.29, 1.82) is 0 Å². The van der Waals surface area contributed by atoms with E-state index in [1.165, 1.54) is 0 Å². The van der Waals surface area contributed by atoms with Crippen LogP contribution in [0.2, 0.25) is 0 Å². The molecule has 0 saturated carbocycles. The number of likely N-dealkylation sites (N-methyl/N-ethyl adjacent to an activating group) is 1. The van der Waals surface area contributed by atoms with Crippen molar-refractivity contribution in [2.45, 2.75) is 6.92 Å². The molecule has 7 heteroatoms. The number of hydrogen-bond acceptors (Lipinski definition) is 4. The van der Waals surface area contributed by atoms with Gasteiger partial charge in [-0.2, -0.15) is 0 Å². The number of hydrogen-bond donors (Lipinski definition) is 2. The molecule has 0 aromatic rings. The Labute approximate surface area is 70.0 Å². The maximum atomic E-state index is 10.4. The van der Waals surface area contributed by atoms with Gasteiger partial charge in [-0.25, -0.2) is 0 Å². The fourth-order valence-corrected chi connectivity index (χ4v) is 1.53. The maximum Gasteiger partial charge on any atom is 0.339 e. The summed E-state index contributed by atoms with van der Waals surface area (Å²) in [6.45, 7) is 1.42. The smallest absolute Gasteiger partial charge is 0.339 e. The summed E-state index contributed by atoms with van der Waals surface area (Å²) in [5.41, 5.74) is 0. The highest BCUT2D eigenvalue weighted by Gasteiger charge is 2.17. The molecule has 6 nitrogen and oxygen atoms in total. The number of aliphatic carboxylic acids is 1. The van der Waals surface area contributed by atoms with Gasteiger partial charge in [-0.3, -0.25) is 9.46 Å². The third-order valence-electron chi connectivity index (χ3n) is 1.18. The fourth-order valence-electron chi connectivity index (χ4n) is 0.705. The highest BCUT2D eigenvalue weighted by Crippen LogP contribution is 2.34. The molecule has 0 aliphatic heterocycles.